The fraction of sp³-hybridized carbons (Fsp3) is 0.208. The molecule has 4 rings (SSSR count). The van der Waals surface area contributed by atoms with Gasteiger partial charge in [0.05, 0.1) is 19.1 Å². The molecule has 35 heavy (non-hydrogen) atoms. The van der Waals surface area contributed by atoms with E-state index < -0.39 is 22.5 Å². The zero-order valence-corrected chi connectivity index (χ0v) is 19.5. The largest absolute Gasteiger partial charge is 0.490 e. The topological polar surface area (TPSA) is 105 Å². The Hall–Kier alpha value is -4.01. The van der Waals surface area contributed by atoms with Gasteiger partial charge in [-0.05, 0) is 17.7 Å². The van der Waals surface area contributed by atoms with Crippen LogP contribution in [0.15, 0.2) is 54.7 Å². The maximum Gasteiger partial charge on any atom is 0.264 e. The Morgan fingerprint density at radius 2 is 1.89 bits per heavy atom. The average Bonchev–Trinajstić information content (AvgIpc) is 3.26. The molecule has 2 aromatic carbocycles. The molecule has 9 nitrogen and oxygen atoms in total. The zero-order valence-electron chi connectivity index (χ0n) is 18.7. The van der Waals surface area contributed by atoms with Crippen molar-refractivity contribution in [1.29, 1.82) is 0 Å². The van der Waals surface area contributed by atoms with Gasteiger partial charge in [0.15, 0.2) is 11.5 Å². The van der Waals surface area contributed by atoms with E-state index in [0.29, 0.717) is 23.1 Å². The lowest BCUT2D eigenvalue weighted by Gasteiger charge is -2.12. The number of rotatable bonds is 10. The van der Waals surface area contributed by atoms with E-state index in [9.17, 15) is 12.8 Å². The molecule has 0 unspecified atom stereocenters. The van der Waals surface area contributed by atoms with Gasteiger partial charge in [0.1, 0.15) is 35.9 Å². The van der Waals surface area contributed by atoms with Crippen molar-refractivity contribution >= 4 is 21.2 Å². The normalized spacial score (nSPS) is 11.3. The monoisotopic (exact) mass is 496 g/mol. The van der Waals surface area contributed by atoms with Gasteiger partial charge in [-0.3, -0.25) is 4.18 Å². The van der Waals surface area contributed by atoms with Gasteiger partial charge in [0.25, 0.3) is 10.1 Å². The highest BCUT2D eigenvalue weighted by Crippen LogP contribution is 2.30. The summed E-state index contributed by atoms with van der Waals surface area (Å²) in [6.45, 7) is -0.0157. The van der Waals surface area contributed by atoms with Gasteiger partial charge in [-0.25, -0.2) is 14.1 Å². The molecule has 0 N–H and O–H groups in total. The smallest absolute Gasteiger partial charge is 0.264 e. The number of terminal acetylenes is 1. The number of fused-ring (bicyclic) bond motifs is 1. The minimum atomic E-state index is -3.74. The van der Waals surface area contributed by atoms with E-state index in [1.807, 2.05) is 30.3 Å². The van der Waals surface area contributed by atoms with Gasteiger partial charge in [0, 0.05) is 12.5 Å². The highest BCUT2D eigenvalue weighted by atomic mass is 32.2. The van der Waals surface area contributed by atoms with E-state index in [4.69, 9.17) is 20.1 Å². The van der Waals surface area contributed by atoms with Crippen LogP contribution in [0.3, 0.4) is 0 Å². The average molecular weight is 497 g/mol. The lowest BCUT2D eigenvalue weighted by molar-refractivity contribution is 0.282. The third-order valence-corrected chi connectivity index (χ3v) is 5.26. The van der Waals surface area contributed by atoms with Crippen molar-refractivity contribution in [3.63, 3.8) is 0 Å². The molecule has 0 saturated heterocycles. The number of halogens is 1. The van der Waals surface area contributed by atoms with E-state index in [-0.39, 0.29) is 30.7 Å². The second-order valence-electron chi connectivity index (χ2n) is 7.39. The van der Waals surface area contributed by atoms with Crippen LogP contribution in [0.25, 0.3) is 16.7 Å². The van der Waals surface area contributed by atoms with Crippen LogP contribution in [0.1, 0.15) is 17.8 Å². The Labute approximate surface area is 201 Å². The highest BCUT2D eigenvalue weighted by molar-refractivity contribution is 7.85. The SMILES string of the molecule is C#CCCOc1cc(F)ccc1-n1ncc2c(OCc3ccccc3)nc(COS(C)(=O)=O)nc21. The van der Waals surface area contributed by atoms with Crippen molar-refractivity contribution in [3.8, 4) is 29.7 Å². The first kappa shape index (κ1) is 24.1. The molecule has 0 aliphatic carbocycles. The number of nitrogens with zero attached hydrogens (tertiary/aromatic N) is 4. The van der Waals surface area contributed by atoms with E-state index >= 15 is 0 Å². The van der Waals surface area contributed by atoms with Crippen molar-refractivity contribution in [1.82, 2.24) is 19.7 Å². The minimum Gasteiger partial charge on any atom is -0.490 e. The molecule has 2 aromatic heterocycles. The van der Waals surface area contributed by atoms with Gasteiger partial charge < -0.3 is 9.47 Å². The summed E-state index contributed by atoms with van der Waals surface area (Å²) in [5.41, 5.74) is 1.60. The Morgan fingerprint density at radius 3 is 2.63 bits per heavy atom. The van der Waals surface area contributed by atoms with Crippen LogP contribution in [0.4, 0.5) is 4.39 Å². The van der Waals surface area contributed by atoms with E-state index in [2.05, 4.69) is 21.0 Å². The molecular formula is C24H21FN4O5S. The molecule has 0 amide bonds. The summed E-state index contributed by atoms with van der Waals surface area (Å²) in [4.78, 5) is 8.76. The summed E-state index contributed by atoms with van der Waals surface area (Å²) < 4.78 is 54.9. The van der Waals surface area contributed by atoms with Crippen molar-refractivity contribution in [3.05, 3.63) is 71.9 Å². The first-order valence-electron chi connectivity index (χ1n) is 10.5. The summed E-state index contributed by atoms with van der Waals surface area (Å²) in [6, 6.07) is 13.4. The maximum absolute atomic E-state index is 13.9. The van der Waals surface area contributed by atoms with Crippen molar-refractivity contribution in [2.24, 2.45) is 0 Å². The molecule has 0 saturated carbocycles. The molecule has 0 bridgehead atoms. The Balaban J connectivity index is 1.77. The predicted octanol–water partition coefficient (Wildman–Crippen LogP) is 3.41. The quantitative estimate of drug-likeness (QED) is 0.187. The van der Waals surface area contributed by atoms with E-state index in [1.54, 1.807) is 0 Å². The molecule has 11 heteroatoms. The summed E-state index contributed by atoms with van der Waals surface area (Å²) in [5, 5.41) is 4.84. The summed E-state index contributed by atoms with van der Waals surface area (Å²) >= 11 is 0. The molecule has 0 spiro atoms. The molecule has 2 heterocycles. The van der Waals surface area contributed by atoms with Crippen molar-refractivity contribution in [2.45, 2.75) is 19.6 Å². The number of ether oxygens (including phenoxy) is 2. The Kier molecular flexibility index (Phi) is 7.24. The second-order valence-corrected chi connectivity index (χ2v) is 9.04. The second kappa shape index (κ2) is 10.5. The number of hydrogen-bond acceptors (Lipinski definition) is 8. The van der Waals surface area contributed by atoms with Crippen LogP contribution in [0.2, 0.25) is 0 Å². The summed E-state index contributed by atoms with van der Waals surface area (Å²) in [6.07, 6.45) is 8.06. The van der Waals surface area contributed by atoms with E-state index in [1.165, 1.54) is 29.1 Å². The number of aromatic nitrogens is 4. The van der Waals surface area contributed by atoms with Crippen molar-refractivity contribution < 1.29 is 26.5 Å². The minimum absolute atomic E-state index is 0.0599. The fourth-order valence-electron chi connectivity index (χ4n) is 3.16. The lowest BCUT2D eigenvalue weighted by Crippen LogP contribution is -2.09. The molecule has 180 valence electrons. The molecule has 0 radical (unpaired) electrons. The third-order valence-electron chi connectivity index (χ3n) is 4.71. The van der Waals surface area contributed by atoms with E-state index in [0.717, 1.165) is 11.8 Å². The van der Waals surface area contributed by atoms with Gasteiger partial charge in [-0.1, -0.05) is 30.3 Å². The maximum atomic E-state index is 13.9. The fourth-order valence-corrected chi connectivity index (χ4v) is 3.48. The first-order chi connectivity index (χ1) is 16.8. The number of hydrogen-bond donors (Lipinski definition) is 0. The van der Waals surface area contributed by atoms with Crippen LogP contribution in [-0.4, -0.2) is 41.0 Å². The van der Waals surface area contributed by atoms with Crippen LogP contribution < -0.4 is 9.47 Å². The molecule has 0 aliphatic heterocycles. The molecular weight excluding hydrogens is 475 g/mol. The van der Waals surface area contributed by atoms with Gasteiger partial charge >= 0.3 is 0 Å². The molecule has 0 aliphatic rings. The van der Waals surface area contributed by atoms with Gasteiger partial charge in [-0.2, -0.15) is 18.5 Å². The first-order valence-corrected chi connectivity index (χ1v) is 12.3. The summed E-state index contributed by atoms with van der Waals surface area (Å²) in [5.74, 6) is 2.43. The van der Waals surface area contributed by atoms with Gasteiger partial charge in [0.2, 0.25) is 5.88 Å². The predicted molar refractivity (Wildman–Crippen MR) is 126 cm³/mol. The zero-order chi connectivity index (χ0) is 24.8. The van der Waals surface area contributed by atoms with Crippen LogP contribution >= 0.6 is 0 Å². The number of benzene rings is 2. The Morgan fingerprint density at radius 1 is 1.09 bits per heavy atom. The lowest BCUT2D eigenvalue weighted by atomic mass is 10.2. The Bertz CT molecular complexity index is 1480. The van der Waals surface area contributed by atoms with Crippen LogP contribution in [0.5, 0.6) is 11.6 Å². The summed E-state index contributed by atoms with van der Waals surface area (Å²) in [7, 11) is -3.74. The molecule has 0 atom stereocenters. The molecule has 4 aromatic rings. The van der Waals surface area contributed by atoms with Crippen LogP contribution in [-0.2, 0) is 27.5 Å². The van der Waals surface area contributed by atoms with Gasteiger partial charge in [-0.15, -0.1) is 12.3 Å². The van der Waals surface area contributed by atoms with Crippen LogP contribution in [0, 0.1) is 18.2 Å². The third kappa shape index (κ3) is 6.11. The highest BCUT2D eigenvalue weighted by Gasteiger charge is 2.19. The standard InChI is InChI=1S/C24H21FN4O5S/c1-3-4-12-32-21-13-18(25)10-11-20(21)29-23-19(14-26-29)24(33-15-17-8-6-5-7-9-17)28-22(27-23)16-34-35(2,30)31/h1,5-11,13-14H,4,12,15-16H2,2H3. The van der Waals surface area contributed by atoms with Crippen molar-refractivity contribution in [2.75, 3.05) is 12.9 Å². The molecule has 0 fully saturated rings.